The van der Waals surface area contributed by atoms with Gasteiger partial charge in [-0.25, -0.2) is 4.98 Å². The Balaban J connectivity index is 1.69. The van der Waals surface area contributed by atoms with E-state index in [1.165, 1.54) is 5.56 Å². The molecule has 3 aromatic rings. The van der Waals surface area contributed by atoms with Gasteiger partial charge in [0.05, 0.1) is 19.8 Å². The monoisotopic (exact) mass is 391 g/mol. The van der Waals surface area contributed by atoms with E-state index >= 15 is 0 Å². The van der Waals surface area contributed by atoms with Crippen LogP contribution in [0, 0.1) is 0 Å². The number of nitrogens with one attached hydrogen (secondary N) is 1. The quantitative estimate of drug-likeness (QED) is 0.617. The first-order valence-corrected chi connectivity index (χ1v) is 9.43. The summed E-state index contributed by atoms with van der Waals surface area (Å²) in [6, 6.07) is 19.1. The number of rotatable bonds is 8. The smallest absolute Gasteiger partial charge is 0.257 e. The maximum atomic E-state index is 12.6. The molecule has 1 amide bonds. The van der Waals surface area contributed by atoms with Crippen LogP contribution in [0.25, 0.3) is 0 Å². The molecule has 2 aromatic carbocycles. The maximum Gasteiger partial charge on any atom is 0.257 e. The van der Waals surface area contributed by atoms with Crippen molar-refractivity contribution < 1.29 is 14.3 Å². The number of amides is 1. The van der Waals surface area contributed by atoms with Crippen molar-refractivity contribution in [2.45, 2.75) is 13.5 Å². The Morgan fingerprint density at radius 3 is 2.38 bits per heavy atom. The summed E-state index contributed by atoms with van der Waals surface area (Å²) in [6.45, 7) is 3.67. The standard InChI is InChI=1S/C23H25N3O3/c1-4-26(16-17-8-6-5-7-9-17)22-13-10-18(15-24-22)23(27)25-19-11-12-20(28-2)21(14-19)29-3/h5-15H,4,16H2,1-3H3,(H,25,27). The molecule has 1 aromatic heterocycles. The van der Waals surface area contributed by atoms with Gasteiger partial charge in [-0.15, -0.1) is 0 Å². The van der Waals surface area contributed by atoms with Crippen LogP contribution < -0.4 is 19.7 Å². The van der Waals surface area contributed by atoms with Crippen molar-refractivity contribution >= 4 is 17.4 Å². The molecule has 0 saturated carbocycles. The summed E-state index contributed by atoms with van der Waals surface area (Å²) in [5.74, 6) is 1.76. The van der Waals surface area contributed by atoms with Gasteiger partial charge in [-0.1, -0.05) is 30.3 Å². The minimum Gasteiger partial charge on any atom is -0.493 e. The first-order valence-electron chi connectivity index (χ1n) is 9.43. The Kier molecular flexibility index (Phi) is 6.68. The van der Waals surface area contributed by atoms with Crippen LogP contribution in [0.5, 0.6) is 11.5 Å². The molecular formula is C23H25N3O3. The van der Waals surface area contributed by atoms with Gasteiger partial charge in [0.25, 0.3) is 5.91 Å². The van der Waals surface area contributed by atoms with Gasteiger partial charge >= 0.3 is 0 Å². The summed E-state index contributed by atoms with van der Waals surface area (Å²) >= 11 is 0. The molecule has 6 nitrogen and oxygen atoms in total. The van der Waals surface area contributed by atoms with E-state index in [-0.39, 0.29) is 5.91 Å². The predicted molar refractivity (Wildman–Crippen MR) is 115 cm³/mol. The van der Waals surface area contributed by atoms with Crippen LogP contribution in [-0.2, 0) is 6.54 Å². The highest BCUT2D eigenvalue weighted by Crippen LogP contribution is 2.30. The molecule has 0 fully saturated rings. The molecular weight excluding hydrogens is 366 g/mol. The van der Waals surface area contributed by atoms with E-state index in [4.69, 9.17) is 9.47 Å². The molecule has 0 atom stereocenters. The summed E-state index contributed by atoms with van der Waals surface area (Å²) in [7, 11) is 3.13. The van der Waals surface area contributed by atoms with E-state index in [2.05, 4.69) is 34.3 Å². The fourth-order valence-corrected chi connectivity index (χ4v) is 2.98. The van der Waals surface area contributed by atoms with Gasteiger partial charge in [0.2, 0.25) is 0 Å². The zero-order valence-electron chi connectivity index (χ0n) is 16.9. The number of hydrogen-bond donors (Lipinski definition) is 1. The number of hydrogen-bond acceptors (Lipinski definition) is 5. The van der Waals surface area contributed by atoms with Crippen LogP contribution in [-0.4, -0.2) is 31.7 Å². The minimum absolute atomic E-state index is 0.234. The van der Waals surface area contributed by atoms with Crippen molar-refractivity contribution in [2.75, 3.05) is 31.0 Å². The molecule has 0 unspecified atom stereocenters. The van der Waals surface area contributed by atoms with E-state index in [9.17, 15) is 4.79 Å². The van der Waals surface area contributed by atoms with Crippen LogP contribution in [0.2, 0.25) is 0 Å². The second-order valence-electron chi connectivity index (χ2n) is 6.43. The SMILES string of the molecule is CCN(Cc1ccccc1)c1ccc(C(=O)Nc2ccc(OC)c(OC)c2)cn1. The van der Waals surface area contributed by atoms with Crippen molar-refractivity contribution in [1.29, 1.82) is 0 Å². The van der Waals surface area contributed by atoms with Crippen molar-refractivity contribution in [3.8, 4) is 11.5 Å². The van der Waals surface area contributed by atoms with Gasteiger partial charge in [-0.05, 0) is 36.8 Å². The highest BCUT2D eigenvalue weighted by molar-refractivity contribution is 6.04. The lowest BCUT2D eigenvalue weighted by Gasteiger charge is -2.22. The van der Waals surface area contributed by atoms with Crippen LogP contribution in [0.15, 0.2) is 66.9 Å². The lowest BCUT2D eigenvalue weighted by molar-refractivity contribution is 0.102. The van der Waals surface area contributed by atoms with Gasteiger partial charge in [0.1, 0.15) is 5.82 Å². The molecule has 29 heavy (non-hydrogen) atoms. The maximum absolute atomic E-state index is 12.6. The Bertz CT molecular complexity index is 943. The molecule has 0 aliphatic rings. The molecule has 1 N–H and O–H groups in total. The third kappa shape index (κ3) is 5.04. The largest absolute Gasteiger partial charge is 0.493 e. The number of aromatic nitrogens is 1. The highest BCUT2D eigenvalue weighted by atomic mass is 16.5. The molecule has 150 valence electrons. The Labute approximate surface area is 171 Å². The van der Waals surface area contributed by atoms with Gasteiger partial charge in [-0.3, -0.25) is 4.79 Å². The van der Waals surface area contributed by atoms with Gasteiger partial charge in [-0.2, -0.15) is 0 Å². The molecule has 0 saturated heterocycles. The molecule has 0 spiro atoms. The number of anilines is 2. The lowest BCUT2D eigenvalue weighted by atomic mass is 10.2. The Morgan fingerprint density at radius 1 is 1.00 bits per heavy atom. The predicted octanol–water partition coefficient (Wildman–Crippen LogP) is 4.38. The van der Waals surface area contributed by atoms with Crippen LogP contribution in [0.4, 0.5) is 11.5 Å². The topological polar surface area (TPSA) is 63.7 Å². The number of carbonyl (C=O) groups excluding carboxylic acids is 1. The number of ether oxygens (including phenoxy) is 2. The molecule has 6 heteroatoms. The summed E-state index contributed by atoms with van der Waals surface area (Å²) < 4.78 is 10.5. The van der Waals surface area contributed by atoms with Crippen molar-refractivity contribution in [3.05, 3.63) is 78.0 Å². The van der Waals surface area contributed by atoms with Crippen LogP contribution in [0.1, 0.15) is 22.8 Å². The molecule has 0 radical (unpaired) electrons. The van der Waals surface area contributed by atoms with Crippen molar-refractivity contribution in [3.63, 3.8) is 0 Å². The first kappa shape index (κ1) is 20.2. The number of methoxy groups -OCH3 is 2. The fraction of sp³-hybridized carbons (Fsp3) is 0.217. The summed E-state index contributed by atoms with van der Waals surface area (Å²) in [5.41, 5.74) is 2.32. The van der Waals surface area contributed by atoms with E-state index in [1.54, 1.807) is 44.7 Å². The fourth-order valence-electron chi connectivity index (χ4n) is 2.98. The van der Waals surface area contributed by atoms with Gasteiger partial charge in [0, 0.05) is 31.0 Å². The molecule has 3 rings (SSSR count). The summed E-state index contributed by atoms with van der Waals surface area (Å²) in [6.07, 6.45) is 1.60. The third-order valence-corrected chi connectivity index (χ3v) is 4.57. The first-order chi connectivity index (χ1) is 14.1. The number of nitrogens with zero attached hydrogens (tertiary/aromatic N) is 2. The third-order valence-electron chi connectivity index (χ3n) is 4.57. The molecule has 0 aliphatic carbocycles. The van der Waals surface area contributed by atoms with E-state index in [1.807, 2.05) is 24.3 Å². The zero-order chi connectivity index (χ0) is 20.6. The normalized spacial score (nSPS) is 10.3. The second kappa shape index (κ2) is 9.59. The average molecular weight is 391 g/mol. The van der Waals surface area contributed by atoms with Gasteiger partial charge in [0.15, 0.2) is 11.5 Å². The molecule has 0 bridgehead atoms. The van der Waals surface area contributed by atoms with E-state index in [0.29, 0.717) is 22.7 Å². The average Bonchev–Trinajstić information content (AvgIpc) is 2.78. The molecule has 1 heterocycles. The highest BCUT2D eigenvalue weighted by Gasteiger charge is 2.12. The van der Waals surface area contributed by atoms with E-state index < -0.39 is 0 Å². The zero-order valence-corrected chi connectivity index (χ0v) is 16.9. The van der Waals surface area contributed by atoms with Crippen molar-refractivity contribution in [1.82, 2.24) is 4.98 Å². The van der Waals surface area contributed by atoms with Gasteiger partial charge < -0.3 is 19.7 Å². The molecule has 0 aliphatic heterocycles. The summed E-state index contributed by atoms with van der Waals surface area (Å²) in [4.78, 5) is 19.2. The number of carbonyl (C=O) groups is 1. The second-order valence-corrected chi connectivity index (χ2v) is 6.43. The van der Waals surface area contributed by atoms with E-state index in [0.717, 1.165) is 18.9 Å². The Morgan fingerprint density at radius 2 is 1.76 bits per heavy atom. The lowest BCUT2D eigenvalue weighted by Crippen LogP contribution is -2.23. The Hall–Kier alpha value is -3.54. The minimum atomic E-state index is -0.234. The number of benzene rings is 2. The van der Waals surface area contributed by atoms with Crippen LogP contribution in [0.3, 0.4) is 0 Å². The summed E-state index contributed by atoms with van der Waals surface area (Å²) in [5, 5.41) is 2.86. The van der Waals surface area contributed by atoms with Crippen molar-refractivity contribution in [2.24, 2.45) is 0 Å². The number of pyridine rings is 1. The van der Waals surface area contributed by atoms with Crippen LogP contribution >= 0.6 is 0 Å².